The number of cyclic esters (lactones) is 1. The third-order valence-corrected chi connectivity index (χ3v) is 0.788. The molecular weight excluding hydrogens is 122 g/mol. The molecule has 1 rings (SSSR count). The van der Waals surface area contributed by atoms with Gasteiger partial charge in [-0.1, -0.05) is 0 Å². The minimum Gasteiger partial charge on any atom is -0.466 e. The maximum absolute atomic E-state index is 10.0. The molecular formula is C5H9NO3. The summed E-state index contributed by atoms with van der Waals surface area (Å²) >= 11 is 0. The monoisotopic (exact) mass is 131 g/mol. The number of nitrogens with two attached hydrogens (primary N) is 1. The van der Waals surface area contributed by atoms with Gasteiger partial charge in [0.2, 0.25) is 6.41 Å². The molecule has 52 valence electrons. The van der Waals surface area contributed by atoms with Crippen LogP contribution in [0.3, 0.4) is 0 Å². The summed E-state index contributed by atoms with van der Waals surface area (Å²) in [5.74, 6) is -0.0463. The summed E-state index contributed by atoms with van der Waals surface area (Å²) in [5.41, 5.74) is 4.17. The molecule has 0 aromatic rings. The molecule has 1 heterocycles. The fourth-order valence-electron chi connectivity index (χ4n) is 0.475. The molecule has 0 spiro atoms. The lowest BCUT2D eigenvalue weighted by Crippen LogP contribution is -1.88. The quantitative estimate of drug-likeness (QED) is 0.353. The van der Waals surface area contributed by atoms with E-state index in [0.717, 1.165) is 6.42 Å². The molecule has 2 N–H and O–H groups in total. The van der Waals surface area contributed by atoms with Crippen LogP contribution in [0.1, 0.15) is 12.8 Å². The molecule has 0 aromatic heterocycles. The van der Waals surface area contributed by atoms with Crippen molar-refractivity contribution < 1.29 is 14.3 Å². The molecule has 1 amide bonds. The standard InChI is InChI=1S/C4H6O2.CH3NO/c5-4-2-1-3-6-4;2-1-3/h1-3H2;1H,(H2,2,3). The van der Waals surface area contributed by atoms with Crippen LogP contribution in [-0.2, 0) is 14.3 Å². The van der Waals surface area contributed by atoms with E-state index in [1.807, 2.05) is 0 Å². The van der Waals surface area contributed by atoms with Crippen LogP contribution in [0.5, 0.6) is 0 Å². The molecule has 1 saturated heterocycles. The van der Waals surface area contributed by atoms with Gasteiger partial charge in [0, 0.05) is 6.42 Å². The second kappa shape index (κ2) is 5.08. The highest BCUT2D eigenvalue weighted by Gasteiger charge is 2.08. The Bertz CT molecular complexity index is 94.4. The first-order valence-electron chi connectivity index (χ1n) is 2.62. The second-order valence-electron chi connectivity index (χ2n) is 1.46. The summed E-state index contributed by atoms with van der Waals surface area (Å²) in [5, 5.41) is 0. The van der Waals surface area contributed by atoms with E-state index in [2.05, 4.69) is 10.5 Å². The van der Waals surface area contributed by atoms with Crippen LogP contribution in [0.25, 0.3) is 0 Å². The van der Waals surface area contributed by atoms with Crippen LogP contribution >= 0.6 is 0 Å². The number of amides is 1. The predicted molar refractivity (Wildman–Crippen MR) is 30.4 cm³/mol. The lowest BCUT2D eigenvalue weighted by Gasteiger charge is -1.81. The largest absolute Gasteiger partial charge is 0.466 e. The normalized spacial score (nSPS) is 15.3. The second-order valence-corrected chi connectivity index (χ2v) is 1.46. The van der Waals surface area contributed by atoms with Crippen molar-refractivity contribution in [2.24, 2.45) is 5.73 Å². The van der Waals surface area contributed by atoms with Crippen LogP contribution in [-0.4, -0.2) is 19.0 Å². The summed E-state index contributed by atoms with van der Waals surface area (Å²) in [6.45, 7) is 0.638. The first-order chi connectivity index (χ1) is 4.31. The van der Waals surface area contributed by atoms with E-state index >= 15 is 0 Å². The summed E-state index contributed by atoms with van der Waals surface area (Å²) < 4.78 is 4.51. The van der Waals surface area contributed by atoms with Crippen molar-refractivity contribution in [3.05, 3.63) is 0 Å². The summed E-state index contributed by atoms with van der Waals surface area (Å²) in [7, 11) is 0. The van der Waals surface area contributed by atoms with Crippen LogP contribution in [0, 0.1) is 0 Å². The van der Waals surface area contributed by atoms with Gasteiger partial charge in [0.05, 0.1) is 6.61 Å². The van der Waals surface area contributed by atoms with Crippen molar-refractivity contribution in [1.82, 2.24) is 0 Å². The highest BCUT2D eigenvalue weighted by atomic mass is 16.5. The summed E-state index contributed by atoms with van der Waals surface area (Å²) in [6, 6.07) is 0. The molecule has 1 aliphatic heterocycles. The number of rotatable bonds is 0. The summed E-state index contributed by atoms with van der Waals surface area (Å²) in [6.07, 6.45) is 1.79. The van der Waals surface area contributed by atoms with Gasteiger partial charge in [-0.25, -0.2) is 0 Å². The number of esters is 1. The SMILES string of the molecule is NC=O.O=C1CCCO1. The van der Waals surface area contributed by atoms with Crippen LogP contribution in [0.4, 0.5) is 0 Å². The number of carbonyl (C=O) groups excluding carboxylic acids is 2. The lowest BCUT2D eigenvalue weighted by molar-refractivity contribution is -0.137. The third kappa shape index (κ3) is 4.80. The van der Waals surface area contributed by atoms with Crippen molar-refractivity contribution in [1.29, 1.82) is 0 Å². The van der Waals surface area contributed by atoms with E-state index < -0.39 is 0 Å². The molecule has 4 heteroatoms. The van der Waals surface area contributed by atoms with Gasteiger partial charge in [-0.3, -0.25) is 9.59 Å². The molecule has 0 saturated carbocycles. The first-order valence-corrected chi connectivity index (χ1v) is 2.62. The Kier molecular flexibility index (Phi) is 4.49. The van der Waals surface area contributed by atoms with Gasteiger partial charge in [0.25, 0.3) is 0 Å². The first kappa shape index (κ1) is 7.94. The lowest BCUT2D eigenvalue weighted by atomic mass is 10.4. The Hall–Kier alpha value is -1.06. The topological polar surface area (TPSA) is 69.4 Å². The molecule has 9 heavy (non-hydrogen) atoms. The zero-order valence-corrected chi connectivity index (χ0v) is 5.00. The van der Waals surface area contributed by atoms with Gasteiger partial charge >= 0.3 is 5.97 Å². The summed E-state index contributed by atoms with van der Waals surface area (Å²) in [4.78, 5) is 18.6. The maximum atomic E-state index is 10.0. The van der Waals surface area contributed by atoms with Crippen LogP contribution in [0.2, 0.25) is 0 Å². The molecule has 1 fully saturated rings. The zero-order chi connectivity index (χ0) is 7.11. The van der Waals surface area contributed by atoms with Gasteiger partial charge in [-0.05, 0) is 6.42 Å². The number of primary amides is 1. The van der Waals surface area contributed by atoms with Gasteiger partial charge in [-0.15, -0.1) is 0 Å². The Morgan fingerprint density at radius 1 is 1.67 bits per heavy atom. The Labute approximate surface area is 53.0 Å². The van der Waals surface area contributed by atoms with Gasteiger partial charge < -0.3 is 10.5 Å². The Morgan fingerprint density at radius 2 is 2.22 bits per heavy atom. The average molecular weight is 131 g/mol. The molecule has 0 radical (unpaired) electrons. The highest BCUT2D eigenvalue weighted by molar-refractivity contribution is 5.70. The molecule has 4 nitrogen and oxygen atoms in total. The molecule has 0 atom stereocenters. The van der Waals surface area contributed by atoms with E-state index in [-0.39, 0.29) is 12.4 Å². The average Bonchev–Trinajstić information content (AvgIpc) is 2.20. The maximum Gasteiger partial charge on any atom is 0.305 e. The van der Waals surface area contributed by atoms with E-state index in [1.54, 1.807) is 0 Å². The molecule has 0 aromatic carbocycles. The third-order valence-electron chi connectivity index (χ3n) is 0.788. The minimum atomic E-state index is -0.0463. The van der Waals surface area contributed by atoms with Crippen molar-refractivity contribution in [2.75, 3.05) is 6.61 Å². The van der Waals surface area contributed by atoms with E-state index in [4.69, 9.17) is 4.79 Å². The minimum absolute atomic E-state index is 0.0463. The van der Waals surface area contributed by atoms with E-state index in [0.29, 0.717) is 13.0 Å². The van der Waals surface area contributed by atoms with Gasteiger partial charge in [0.15, 0.2) is 0 Å². The molecule has 1 aliphatic rings. The van der Waals surface area contributed by atoms with Crippen molar-refractivity contribution in [3.8, 4) is 0 Å². The van der Waals surface area contributed by atoms with Crippen LogP contribution in [0.15, 0.2) is 0 Å². The molecule has 0 aliphatic carbocycles. The van der Waals surface area contributed by atoms with E-state index in [9.17, 15) is 4.79 Å². The zero-order valence-electron chi connectivity index (χ0n) is 5.00. The number of hydrogen-bond donors (Lipinski definition) is 1. The fourth-order valence-corrected chi connectivity index (χ4v) is 0.475. The van der Waals surface area contributed by atoms with Gasteiger partial charge in [0.1, 0.15) is 0 Å². The predicted octanol–water partition coefficient (Wildman–Crippen LogP) is -0.575. The fraction of sp³-hybridized carbons (Fsp3) is 0.600. The van der Waals surface area contributed by atoms with E-state index in [1.165, 1.54) is 0 Å². The molecule has 0 unspecified atom stereocenters. The molecule has 0 bridgehead atoms. The van der Waals surface area contributed by atoms with Crippen molar-refractivity contribution in [3.63, 3.8) is 0 Å². The number of ether oxygens (including phenoxy) is 1. The van der Waals surface area contributed by atoms with Crippen molar-refractivity contribution in [2.45, 2.75) is 12.8 Å². The Morgan fingerprint density at radius 3 is 2.33 bits per heavy atom. The highest BCUT2D eigenvalue weighted by Crippen LogP contribution is 2.01. The van der Waals surface area contributed by atoms with Crippen molar-refractivity contribution >= 4 is 12.4 Å². The number of hydrogen-bond acceptors (Lipinski definition) is 3. The number of carbonyl (C=O) groups is 2. The smallest absolute Gasteiger partial charge is 0.305 e. The van der Waals surface area contributed by atoms with Gasteiger partial charge in [-0.2, -0.15) is 0 Å². The van der Waals surface area contributed by atoms with Crippen LogP contribution < -0.4 is 5.73 Å². The Balaban J connectivity index is 0.000000187.